The van der Waals surface area contributed by atoms with Crippen molar-refractivity contribution in [2.45, 2.75) is 39.2 Å². The van der Waals surface area contributed by atoms with Gasteiger partial charge in [-0.15, -0.1) is 0 Å². The van der Waals surface area contributed by atoms with Crippen LogP contribution in [0.5, 0.6) is 0 Å². The third-order valence-corrected chi connectivity index (χ3v) is 5.91. The predicted octanol–water partition coefficient (Wildman–Crippen LogP) is 5.13. The fraction of sp³-hybridized carbons (Fsp3) is 0.350. The van der Waals surface area contributed by atoms with Gasteiger partial charge in [0.15, 0.2) is 0 Å². The van der Waals surface area contributed by atoms with Crippen LogP contribution in [0.2, 0.25) is 10.0 Å². The van der Waals surface area contributed by atoms with Crippen LogP contribution in [0.25, 0.3) is 0 Å². The molecule has 0 spiro atoms. The second kappa shape index (κ2) is 9.63. The number of anilines is 2. The minimum absolute atomic E-state index is 0.234. The average molecular weight is 443 g/mol. The van der Waals surface area contributed by atoms with Crippen LogP contribution in [-0.2, 0) is 21.2 Å². The molecule has 0 radical (unpaired) electrons. The van der Waals surface area contributed by atoms with Crippen LogP contribution < -0.4 is 9.62 Å². The molecule has 0 aliphatic rings. The monoisotopic (exact) mass is 442 g/mol. The summed E-state index contributed by atoms with van der Waals surface area (Å²) in [6.45, 7) is 3.65. The van der Waals surface area contributed by atoms with Gasteiger partial charge >= 0.3 is 0 Å². The molecule has 8 heteroatoms. The van der Waals surface area contributed by atoms with Crippen molar-refractivity contribution in [2.75, 3.05) is 15.9 Å². The summed E-state index contributed by atoms with van der Waals surface area (Å²) in [6, 6.07) is 11.0. The van der Waals surface area contributed by atoms with Crippen LogP contribution in [0.4, 0.5) is 11.4 Å². The number of carbonyl (C=O) groups excluding carboxylic acids is 1. The van der Waals surface area contributed by atoms with Gasteiger partial charge < -0.3 is 5.32 Å². The fourth-order valence-electron chi connectivity index (χ4n) is 2.86. The quantitative estimate of drug-likeness (QED) is 0.615. The number of halogens is 2. The molecule has 0 aromatic heterocycles. The number of benzene rings is 2. The molecule has 5 nitrogen and oxygen atoms in total. The van der Waals surface area contributed by atoms with E-state index < -0.39 is 22.0 Å². The van der Waals surface area contributed by atoms with Gasteiger partial charge in [-0.1, -0.05) is 48.7 Å². The number of hydrogen-bond acceptors (Lipinski definition) is 3. The average Bonchev–Trinajstić information content (AvgIpc) is 2.59. The number of unbranched alkanes of at least 4 members (excludes halogenated alkanes) is 1. The molecule has 0 saturated heterocycles. The molecule has 0 heterocycles. The Kier molecular flexibility index (Phi) is 7.75. The normalized spacial score (nSPS) is 12.5. The Bertz CT molecular complexity index is 911. The number of aryl methyl sites for hydroxylation is 1. The zero-order valence-corrected chi connectivity index (χ0v) is 18.4. The van der Waals surface area contributed by atoms with E-state index >= 15 is 0 Å². The summed E-state index contributed by atoms with van der Waals surface area (Å²) in [7, 11) is -3.75. The third-order valence-electron chi connectivity index (χ3n) is 4.23. The van der Waals surface area contributed by atoms with Crippen LogP contribution in [0, 0.1) is 0 Å². The molecular formula is C20H24Cl2N2O3S. The Morgan fingerprint density at radius 1 is 1.11 bits per heavy atom. The highest BCUT2D eigenvalue weighted by Gasteiger charge is 2.29. The van der Waals surface area contributed by atoms with Crippen LogP contribution in [-0.4, -0.2) is 26.6 Å². The van der Waals surface area contributed by atoms with Gasteiger partial charge in [0.2, 0.25) is 15.9 Å². The summed E-state index contributed by atoms with van der Waals surface area (Å²) < 4.78 is 25.7. The Morgan fingerprint density at radius 3 is 2.18 bits per heavy atom. The van der Waals surface area contributed by atoms with E-state index in [1.54, 1.807) is 0 Å². The second-order valence-corrected chi connectivity index (χ2v) is 9.38. The Hall–Kier alpha value is -1.76. The number of rotatable bonds is 8. The van der Waals surface area contributed by atoms with E-state index in [1.807, 2.05) is 24.3 Å². The van der Waals surface area contributed by atoms with Gasteiger partial charge in [-0.05, 0) is 55.7 Å². The molecule has 2 aromatic carbocycles. The molecule has 152 valence electrons. The van der Waals surface area contributed by atoms with Crippen molar-refractivity contribution in [3.8, 4) is 0 Å². The van der Waals surface area contributed by atoms with Gasteiger partial charge in [0.05, 0.1) is 11.9 Å². The van der Waals surface area contributed by atoms with E-state index in [9.17, 15) is 13.2 Å². The first-order valence-corrected chi connectivity index (χ1v) is 11.6. The van der Waals surface area contributed by atoms with Crippen LogP contribution >= 0.6 is 23.2 Å². The third kappa shape index (κ3) is 6.12. The molecule has 1 unspecified atom stereocenters. The molecule has 0 aliphatic carbocycles. The maximum Gasteiger partial charge on any atom is 0.247 e. The Labute approximate surface area is 176 Å². The topological polar surface area (TPSA) is 66.5 Å². The summed E-state index contributed by atoms with van der Waals surface area (Å²) in [5, 5.41) is 3.33. The van der Waals surface area contributed by atoms with Crippen molar-refractivity contribution in [2.24, 2.45) is 0 Å². The standard InChI is InChI=1S/C20H24Cl2N2O3S/c1-4-5-6-15-7-9-18(10-8-15)23-20(25)14(2)24(28(3,26)27)19-12-16(21)11-17(22)13-19/h7-14H,4-6H2,1-3H3,(H,23,25). The lowest BCUT2D eigenvalue weighted by Gasteiger charge is -2.28. The van der Waals surface area contributed by atoms with Gasteiger partial charge in [-0.2, -0.15) is 0 Å². The molecule has 2 aromatic rings. The number of hydrogen-bond donors (Lipinski definition) is 1. The number of nitrogens with zero attached hydrogens (tertiary/aromatic N) is 1. The summed E-state index contributed by atoms with van der Waals surface area (Å²) in [5.74, 6) is -0.456. The lowest BCUT2D eigenvalue weighted by molar-refractivity contribution is -0.116. The number of nitrogens with one attached hydrogen (secondary N) is 1. The molecule has 1 amide bonds. The number of sulfonamides is 1. The molecular weight excluding hydrogens is 419 g/mol. The van der Waals surface area contributed by atoms with E-state index in [0.29, 0.717) is 5.69 Å². The van der Waals surface area contributed by atoms with Crippen molar-refractivity contribution in [3.05, 3.63) is 58.1 Å². The maximum absolute atomic E-state index is 12.7. The summed E-state index contributed by atoms with van der Waals surface area (Å²) in [5.41, 5.74) is 2.03. The van der Waals surface area contributed by atoms with E-state index in [4.69, 9.17) is 23.2 Å². The highest BCUT2D eigenvalue weighted by molar-refractivity contribution is 7.92. The van der Waals surface area contributed by atoms with Crippen molar-refractivity contribution in [3.63, 3.8) is 0 Å². The van der Waals surface area contributed by atoms with Crippen LogP contribution in [0.1, 0.15) is 32.3 Å². The van der Waals surface area contributed by atoms with Gasteiger partial charge in [-0.3, -0.25) is 9.10 Å². The first-order chi connectivity index (χ1) is 13.1. The molecule has 0 bridgehead atoms. The number of amides is 1. The Balaban J connectivity index is 2.22. The predicted molar refractivity (Wildman–Crippen MR) is 117 cm³/mol. The lowest BCUT2D eigenvalue weighted by Crippen LogP contribution is -2.45. The molecule has 0 saturated carbocycles. The minimum Gasteiger partial charge on any atom is -0.324 e. The van der Waals surface area contributed by atoms with Gasteiger partial charge in [0.1, 0.15) is 6.04 Å². The molecule has 28 heavy (non-hydrogen) atoms. The highest BCUT2D eigenvalue weighted by atomic mass is 35.5. The summed E-state index contributed by atoms with van der Waals surface area (Å²) >= 11 is 12.0. The second-order valence-electron chi connectivity index (χ2n) is 6.65. The zero-order valence-electron chi connectivity index (χ0n) is 16.1. The maximum atomic E-state index is 12.7. The van der Waals surface area contributed by atoms with E-state index in [1.165, 1.54) is 30.7 Å². The summed E-state index contributed by atoms with van der Waals surface area (Å²) in [6.07, 6.45) is 4.24. The first-order valence-electron chi connectivity index (χ1n) is 8.97. The Morgan fingerprint density at radius 2 is 1.68 bits per heavy atom. The largest absolute Gasteiger partial charge is 0.324 e. The SMILES string of the molecule is CCCCc1ccc(NC(=O)C(C)N(c2cc(Cl)cc(Cl)c2)S(C)(=O)=O)cc1. The number of carbonyl (C=O) groups is 1. The molecule has 2 rings (SSSR count). The fourth-order valence-corrected chi connectivity index (χ4v) is 4.53. The highest BCUT2D eigenvalue weighted by Crippen LogP contribution is 2.29. The van der Waals surface area contributed by atoms with Gasteiger partial charge in [-0.25, -0.2) is 8.42 Å². The minimum atomic E-state index is -3.75. The van der Waals surface area contributed by atoms with E-state index in [0.717, 1.165) is 29.8 Å². The molecule has 0 fully saturated rings. The summed E-state index contributed by atoms with van der Waals surface area (Å²) in [4.78, 5) is 12.7. The van der Waals surface area contributed by atoms with E-state index in [-0.39, 0.29) is 15.7 Å². The molecule has 0 aliphatic heterocycles. The molecule has 1 N–H and O–H groups in total. The lowest BCUT2D eigenvalue weighted by atomic mass is 10.1. The van der Waals surface area contributed by atoms with Gasteiger partial charge in [0, 0.05) is 15.7 Å². The van der Waals surface area contributed by atoms with Crippen molar-refractivity contribution < 1.29 is 13.2 Å². The van der Waals surface area contributed by atoms with Gasteiger partial charge in [0.25, 0.3) is 0 Å². The zero-order chi connectivity index (χ0) is 20.9. The van der Waals surface area contributed by atoms with Crippen molar-refractivity contribution in [1.29, 1.82) is 0 Å². The van der Waals surface area contributed by atoms with Crippen LogP contribution in [0.3, 0.4) is 0 Å². The van der Waals surface area contributed by atoms with Crippen molar-refractivity contribution >= 4 is 50.5 Å². The van der Waals surface area contributed by atoms with Crippen molar-refractivity contribution in [1.82, 2.24) is 0 Å². The van der Waals surface area contributed by atoms with E-state index in [2.05, 4.69) is 12.2 Å². The molecule has 1 atom stereocenters. The smallest absolute Gasteiger partial charge is 0.247 e. The van der Waals surface area contributed by atoms with Crippen LogP contribution in [0.15, 0.2) is 42.5 Å². The first kappa shape index (κ1) is 22.5.